The Bertz CT molecular complexity index is 2860. The predicted octanol–water partition coefficient (Wildman–Crippen LogP) is 15.5. The Morgan fingerprint density at radius 1 is 0.646 bits per heavy atom. The van der Waals surface area contributed by atoms with Gasteiger partial charge in [-0.1, -0.05) is 225 Å². The van der Waals surface area contributed by atoms with Crippen LogP contribution in [0.1, 0.15) is 302 Å². The normalized spacial score (nSPS) is 16.5. The number of likely N-dealkylation sites (N-methyl/N-ethyl adjacent to an activating group) is 1. The number of ketones is 2. The number of hydrogen-bond donors (Lipinski definition) is 6. The number of H-pyrrole nitrogens is 1. The van der Waals surface area contributed by atoms with Gasteiger partial charge in [0.05, 0.1) is 29.6 Å². The Labute approximate surface area is 603 Å². The van der Waals surface area contributed by atoms with E-state index in [0.29, 0.717) is 80.2 Å². The third-order valence-electron chi connectivity index (χ3n) is 20.0. The molecule has 1 aliphatic heterocycles. The summed E-state index contributed by atoms with van der Waals surface area (Å²) < 4.78 is 7.82. The number of Topliss-reactive ketones (excluding diaryl/α,β-unsaturated/α-hetero) is 2. The van der Waals surface area contributed by atoms with Gasteiger partial charge in [-0.15, -0.1) is 11.8 Å². The molecule has 4 unspecified atom stereocenters. The predicted molar refractivity (Wildman–Crippen MR) is 407 cm³/mol. The lowest BCUT2D eigenvalue weighted by atomic mass is 9.81. The molecule has 5 rings (SSSR count). The van der Waals surface area contributed by atoms with Crippen molar-refractivity contribution in [3.8, 4) is 0 Å². The van der Waals surface area contributed by atoms with Crippen LogP contribution in [0.4, 0.5) is 11.8 Å². The molecule has 19 nitrogen and oxygen atoms in total. The minimum atomic E-state index is -0.826. The van der Waals surface area contributed by atoms with Crippen molar-refractivity contribution in [2.45, 2.75) is 327 Å². The lowest BCUT2D eigenvalue weighted by Gasteiger charge is -2.31. The van der Waals surface area contributed by atoms with Crippen LogP contribution in [-0.4, -0.2) is 133 Å². The lowest BCUT2D eigenvalue weighted by Crippen LogP contribution is -2.47. The zero-order chi connectivity index (χ0) is 71.2. The van der Waals surface area contributed by atoms with E-state index in [0.717, 1.165) is 81.8 Å². The van der Waals surface area contributed by atoms with E-state index in [9.17, 15) is 38.4 Å². The Morgan fingerprint density at radius 2 is 1.19 bits per heavy atom. The minimum Gasteiger partial charge on any atom is -0.461 e. The Hall–Kier alpha value is -5.28. The van der Waals surface area contributed by atoms with Gasteiger partial charge in [0.15, 0.2) is 17.2 Å². The number of nitrogens with two attached hydrogens (primary N) is 1. The number of benzene rings is 1. The van der Waals surface area contributed by atoms with E-state index >= 15 is 0 Å². The maximum Gasteiger partial charge on any atom is 0.328 e. The third-order valence-corrected chi connectivity index (χ3v) is 22.4. The molecule has 2 fully saturated rings. The highest BCUT2D eigenvalue weighted by Crippen LogP contribution is 2.33. The summed E-state index contributed by atoms with van der Waals surface area (Å²) in [5.74, 6) is -0.105. The molecule has 2 aliphatic rings. The van der Waals surface area contributed by atoms with Gasteiger partial charge in [-0.25, -0.2) is 4.79 Å². The zero-order valence-electron chi connectivity index (χ0n) is 61.8. The largest absolute Gasteiger partial charge is 0.461 e. The summed E-state index contributed by atoms with van der Waals surface area (Å²) in [7, 11) is 1.76. The number of nitrogens with zero attached hydrogens (tertiary/aromatic N) is 4. The summed E-state index contributed by atoms with van der Waals surface area (Å²) in [5, 5.41) is 11.7. The fourth-order valence-corrected chi connectivity index (χ4v) is 15.8. The average molecular weight is 1420 g/mol. The highest BCUT2D eigenvalue weighted by molar-refractivity contribution is 8.01. The van der Waals surface area contributed by atoms with E-state index in [2.05, 4.69) is 57.0 Å². The van der Waals surface area contributed by atoms with Gasteiger partial charge in [0, 0.05) is 56.3 Å². The molecule has 3 aromatic rings. The number of anilines is 2. The topological polar surface area (TPSA) is 270 Å². The van der Waals surface area contributed by atoms with Crippen molar-refractivity contribution in [3.05, 3.63) is 45.9 Å². The van der Waals surface area contributed by atoms with Crippen LogP contribution in [0.5, 0.6) is 0 Å². The molecule has 1 aliphatic carbocycles. The number of unbranched alkanes of at least 4 members (excludes halogenated alkanes) is 29. The number of aromatic amines is 1. The number of nitrogens with one attached hydrogen (secondary N) is 5. The fraction of sp³-hybridized carbons (Fsp3) is 0.769. The van der Waals surface area contributed by atoms with E-state index in [-0.39, 0.29) is 108 Å². The molecule has 0 spiro atoms. The molecule has 21 heteroatoms. The summed E-state index contributed by atoms with van der Waals surface area (Å²) in [6.45, 7) is 9.79. The molecule has 99 heavy (non-hydrogen) atoms. The number of imide groups is 1. The molecule has 1 saturated heterocycles. The number of nitrogen functional groups attached to an aromatic ring is 1. The second kappa shape index (κ2) is 51.0. The van der Waals surface area contributed by atoms with Crippen LogP contribution in [0.3, 0.4) is 0 Å². The minimum absolute atomic E-state index is 0.0139. The molecule has 1 saturated carbocycles. The summed E-state index contributed by atoms with van der Waals surface area (Å²) in [5.41, 5.74) is 8.23. The van der Waals surface area contributed by atoms with Crippen molar-refractivity contribution in [3.63, 3.8) is 0 Å². The molecule has 558 valence electrons. The van der Waals surface area contributed by atoms with Crippen molar-refractivity contribution in [2.24, 2.45) is 11.8 Å². The van der Waals surface area contributed by atoms with Gasteiger partial charge in [0.1, 0.15) is 17.4 Å². The third kappa shape index (κ3) is 34.0. The van der Waals surface area contributed by atoms with E-state index in [1.54, 1.807) is 25.7 Å². The van der Waals surface area contributed by atoms with Gasteiger partial charge in [-0.05, 0) is 102 Å². The zero-order valence-corrected chi connectivity index (χ0v) is 63.4. The summed E-state index contributed by atoms with van der Waals surface area (Å²) >= 11 is 2.73. The van der Waals surface area contributed by atoms with Gasteiger partial charge in [-0.2, -0.15) is 21.7 Å². The van der Waals surface area contributed by atoms with Crippen molar-refractivity contribution < 1.29 is 38.3 Å². The number of aromatic nitrogens is 4. The molecular weight excluding hydrogens is 1290 g/mol. The number of likely N-dealkylation sites (tertiary alicyclic amines) is 1. The van der Waals surface area contributed by atoms with E-state index < -0.39 is 11.3 Å². The second-order valence-electron chi connectivity index (χ2n) is 28.5. The number of hydrogen-bond acceptors (Lipinski definition) is 16. The standard InChI is InChI=1S/C78H130N10O9S2/c1-6-9-12-14-16-18-20-22-23-24-26-27-29-31-33-35-39-64(97-71(93)41-36-34-32-30-28-25-21-19-17-15-13-10-7-2)56-98-57-66(67(90)52-60-42-44-61(45-43-60)55-88-74-72(84-78(88)96)73(79)85-77(86-74)82-50-11-8-3)83-75(94)63-48-46-62(47-49-63)54-87-70(92)53-68(76(87)95)99-58-69(91)81-51-38-37-40-65(80-5)59(4)89/h42-45,62-66,68,80H,6-41,46-58H2,1-5H3,(H,81,91)(H,83,94)(H,84,96)(H3,79,82,85,86). The number of esters is 1. The number of thioether (sulfide) groups is 2. The first-order chi connectivity index (χ1) is 48.1. The van der Waals surface area contributed by atoms with Crippen molar-refractivity contribution in [1.29, 1.82) is 0 Å². The first kappa shape index (κ1) is 84.4. The number of imidazole rings is 1. The Balaban J connectivity index is 1.18. The van der Waals surface area contributed by atoms with Crippen LogP contribution < -0.4 is 32.7 Å². The van der Waals surface area contributed by atoms with Gasteiger partial charge < -0.3 is 36.7 Å². The highest BCUT2D eigenvalue weighted by Gasteiger charge is 2.41. The van der Waals surface area contributed by atoms with Crippen LogP contribution in [0.2, 0.25) is 0 Å². The van der Waals surface area contributed by atoms with Crippen molar-refractivity contribution in [1.82, 2.24) is 40.4 Å². The number of amides is 4. The first-order valence-corrected chi connectivity index (χ1v) is 41.4. The number of rotatable bonds is 59. The maximum absolute atomic E-state index is 14.7. The second-order valence-corrected chi connectivity index (χ2v) is 30.8. The Kier molecular flexibility index (Phi) is 43.4. The van der Waals surface area contributed by atoms with Crippen LogP contribution in [0.25, 0.3) is 11.2 Å². The smallest absolute Gasteiger partial charge is 0.328 e. The molecule has 1 aromatic carbocycles. The Morgan fingerprint density at radius 3 is 1.76 bits per heavy atom. The summed E-state index contributed by atoms with van der Waals surface area (Å²) in [4.78, 5) is 120. The SMILES string of the molecule is CCCCCCCCCCCCCCCCCCC(CSCC(NC(=O)C1CCC(CN2C(=O)CC(SCC(=O)NCCCCC(NC)C(C)=O)C2=O)CC1)C(=O)Cc1ccc(Cn2c(=O)[nH]c3c(N)nc(NCCCC)nc32)cc1)OC(=O)CCCCCCCCCCCCCCC. The quantitative estimate of drug-likeness (QED) is 0.0174. The molecule has 7 N–H and O–H groups in total. The molecule has 0 bridgehead atoms. The number of carbonyl (C=O) groups is 7. The molecule has 0 radical (unpaired) electrons. The van der Waals surface area contributed by atoms with Crippen molar-refractivity contribution >= 4 is 87.6 Å². The molecule has 4 atom stereocenters. The van der Waals surface area contributed by atoms with Crippen LogP contribution in [0, 0.1) is 11.8 Å². The van der Waals surface area contributed by atoms with E-state index in [4.69, 9.17) is 10.5 Å². The molecule has 2 aromatic heterocycles. The van der Waals surface area contributed by atoms with Gasteiger partial charge in [0.25, 0.3) is 0 Å². The highest BCUT2D eigenvalue weighted by atomic mass is 32.2. The van der Waals surface area contributed by atoms with Crippen LogP contribution in [0.15, 0.2) is 29.1 Å². The summed E-state index contributed by atoms with van der Waals surface area (Å²) in [6, 6.07) is 6.51. The fourth-order valence-electron chi connectivity index (χ4n) is 13.7. The molecule has 3 heterocycles. The van der Waals surface area contributed by atoms with Gasteiger partial charge in [0.2, 0.25) is 29.6 Å². The molecular formula is C78H130N10O9S2. The van der Waals surface area contributed by atoms with E-state index in [1.165, 1.54) is 169 Å². The van der Waals surface area contributed by atoms with Gasteiger partial charge in [-0.3, -0.25) is 43.0 Å². The lowest BCUT2D eigenvalue weighted by molar-refractivity contribution is -0.148. The van der Waals surface area contributed by atoms with Crippen LogP contribution >= 0.6 is 23.5 Å². The van der Waals surface area contributed by atoms with Crippen LogP contribution in [-0.2, 0) is 51.3 Å². The number of ether oxygens (including phenoxy) is 1. The first-order valence-electron chi connectivity index (χ1n) is 39.2. The maximum atomic E-state index is 14.7. The van der Waals surface area contributed by atoms with E-state index in [1.807, 2.05) is 24.3 Å². The summed E-state index contributed by atoms with van der Waals surface area (Å²) in [6.07, 6.45) is 43.8. The van der Waals surface area contributed by atoms with Crippen molar-refractivity contribution in [2.75, 3.05) is 55.0 Å². The molecule has 4 amide bonds. The number of carbonyl (C=O) groups excluding carboxylic acids is 7. The average Bonchev–Trinajstić information content (AvgIpc) is 1.64. The monoisotopic (exact) mass is 1410 g/mol. The number of fused-ring (bicyclic) bond motifs is 1. The van der Waals surface area contributed by atoms with Gasteiger partial charge >= 0.3 is 11.7 Å².